The van der Waals surface area contributed by atoms with Crippen LogP contribution in [0.3, 0.4) is 0 Å². The predicted molar refractivity (Wildman–Crippen MR) is 71.2 cm³/mol. The summed E-state index contributed by atoms with van der Waals surface area (Å²) in [6.45, 7) is 1.62. The number of nitrogens with one attached hydrogen (secondary N) is 1. The summed E-state index contributed by atoms with van der Waals surface area (Å²) in [5, 5.41) is 12.6. The van der Waals surface area contributed by atoms with E-state index in [1.165, 1.54) is 51.5 Å². The molecule has 1 unspecified atom stereocenters. The van der Waals surface area contributed by atoms with E-state index in [9.17, 15) is 5.11 Å². The van der Waals surface area contributed by atoms with Crippen molar-refractivity contribution in [2.45, 2.75) is 69.5 Å². The minimum Gasteiger partial charge on any atom is -0.396 e. The first-order valence-electron chi connectivity index (χ1n) is 7.39. The van der Waals surface area contributed by atoms with Crippen molar-refractivity contribution < 1.29 is 5.11 Å². The van der Waals surface area contributed by atoms with Crippen molar-refractivity contribution in [2.75, 3.05) is 20.2 Å². The summed E-state index contributed by atoms with van der Waals surface area (Å²) in [5.74, 6) is 0. The van der Waals surface area contributed by atoms with Gasteiger partial charge in [0.1, 0.15) is 0 Å². The SMILES string of the molecule is CNC1CCC(N2CCCCC2CCO)CC1. The maximum atomic E-state index is 9.18. The Hall–Kier alpha value is -0.120. The number of rotatable bonds is 4. The van der Waals surface area contributed by atoms with Crippen LogP contribution in [0.5, 0.6) is 0 Å². The van der Waals surface area contributed by atoms with Crippen LogP contribution in [0.25, 0.3) is 0 Å². The summed E-state index contributed by atoms with van der Waals surface area (Å²) in [4.78, 5) is 2.71. The zero-order valence-electron chi connectivity index (χ0n) is 11.2. The lowest BCUT2D eigenvalue weighted by Crippen LogP contribution is -2.49. The van der Waals surface area contributed by atoms with Gasteiger partial charge in [0, 0.05) is 24.7 Å². The third-order valence-corrected chi connectivity index (χ3v) is 4.71. The van der Waals surface area contributed by atoms with Gasteiger partial charge in [-0.3, -0.25) is 4.90 Å². The molecular formula is C14H28N2O. The Morgan fingerprint density at radius 3 is 2.53 bits per heavy atom. The minimum absolute atomic E-state index is 0.354. The molecule has 1 saturated carbocycles. The number of aliphatic hydroxyl groups excluding tert-OH is 1. The number of likely N-dealkylation sites (tertiary alicyclic amines) is 1. The largest absolute Gasteiger partial charge is 0.396 e. The zero-order chi connectivity index (χ0) is 12.1. The first kappa shape index (κ1) is 13.3. The number of hydrogen-bond acceptors (Lipinski definition) is 3. The van der Waals surface area contributed by atoms with Crippen molar-refractivity contribution in [2.24, 2.45) is 0 Å². The van der Waals surface area contributed by atoms with Gasteiger partial charge in [0.05, 0.1) is 0 Å². The second-order valence-electron chi connectivity index (χ2n) is 5.69. The smallest absolute Gasteiger partial charge is 0.0445 e. The van der Waals surface area contributed by atoms with E-state index in [1.54, 1.807) is 0 Å². The van der Waals surface area contributed by atoms with Crippen LogP contribution in [-0.4, -0.2) is 48.3 Å². The molecule has 3 heteroatoms. The van der Waals surface area contributed by atoms with Gasteiger partial charge in [0.25, 0.3) is 0 Å². The molecule has 1 aliphatic heterocycles. The van der Waals surface area contributed by atoms with E-state index in [-0.39, 0.29) is 0 Å². The Morgan fingerprint density at radius 1 is 1.12 bits per heavy atom. The van der Waals surface area contributed by atoms with Crippen LogP contribution in [0.1, 0.15) is 51.4 Å². The standard InChI is InChI=1S/C14H28N2O/c1-15-12-5-7-14(8-6-12)16-10-3-2-4-13(16)9-11-17/h12-15,17H,2-11H2,1H3. The molecule has 2 aliphatic rings. The number of hydrogen-bond donors (Lipinski definition) is 2. The molecule has 1 heterocycles. The first-order valence-corrected chi connectivity index (χ1v) is 7.39. The monoisotopic (exact) mass is 240 g/mol. The molecule has 0 aromatic rings. The van der Waals surface area contributed by atoms with Gasteiger partial charge in [-0.15, -0.1) is 0 Å². The number of nitrogens with zero attached hydrogens (tertiary/aromatic N) is 1. The molecule has 0 amide bonds. The van der Waals surface area contributed by atoms with Gasteiger partial charge in [0.15, 0.2) is 0 Å². The molecule has 3 nitrogen and oxygen atoms in total. The normalized spacial score (nSPS) is 36.0. The number of aliphatic hydroxyl groups is 1. The van der Waals surface area contributed by atoms with Gasteiger partial charge in [-0.05, 0) is 58.5 Å². The van der Waals surface area contributed by atoms with Crippen molar-refractivity contribution in [3.05, 3.63) is 0 Å². The van der Waals surface area contributed by atoms with E-state index in [2.05, 4.69) is 17.3 Å². The van der Waals surface area contributed by atoms with Gasteiger partial charge in [0.2, 0.25) is 0 Å². The molecule has 0 radical (unpaired) electrons. The van der Waals surface area contributed by atoms with E-state index >= 15 is 0 Å². The summed E-state index contributed by atoms with van der Waals surface area (Å²) in [6, 6.07) is 2.19. The summed E-state index contributed by atoms with van der Waals surface area (Å²) in [5.41, 5.74) is 0. The molecular weight excluding hydrogens is 212 g/mol. The third kappa shape index (κ3) is 3.43. The molecule has 2 N–H and O–H groups in total. The lowest BCUT2D eigenvalue weighted by molar-refractivity contribution is 0.0534. The van der Waals surface area contributed by atoms with Crippen molar-refractivity contribution in [1.82, 2.24) is 10.2 Å². The molecule has 100 valence electrons. The van der Waals surface area contributed by atoms with Crippen molar-refractivity contribution in [3.63, 3.8) is 0 Å². The summed E-state index contributed by atoms with van der Waals surface area (Å²) >= 11 is 0. The molecule has 1 atom stereocenters. The van der Waals surface area contributed by atoms with E-state index in [0.717, 1.165) is 18.5 Å². The second-order valence-corrected chi connectivity index (χ2v) is 5.69. The summed E-state index contributed by atoms with van der Waals surface area (Å²) in [6.07, 6.45) is 10.3. The average molecular weight is 240 g/mol. The predicted octanol–water partition coefficient (Wildman–Crippen LogP) is 1.75. The fraction of sp³-hybridized carbons (Fsp3) is 1.00. The lowest BCUT2D eigenvalue weighted by Gasteiger charge is -2.44. The van der Waals surface area contributed by atoms with E-state index < -0.39 is 0 Å². The lowest BCUT2D eigenvalue weighted by atomic mass is 9.87. The van der Waals surface area contributed by atoms with Gasteiger partial charge >= 0.3 is 0 Å². The van der Waals surface area contributed by atoms with E-state index in [4.69, 9.17) is 0 Å². The molecule has 0 spiro atoms. The highest BCUT2D eigenvalue weighted by Crippen LogP contribution is 2.29. The minimum atomic E-state index is 0.354. The van der Waals surface area contributed by atoms with Crippen LogP contribution in [0.15, 0.2) is 0 Å². The fourth-order valence-electron chi connectivity index (χ4n) is 3.66. The Kier molecular flexibility index (Phi) is 5.26. The Labute approximate surface area is 106 Å². The molecule has 2 fully saturated rings. The fourth-order valence-corrected chi connectivity index (χ4v) is 3.66. The second kappa shape index (κ2) is 6.72. The molecule has 2 rings (SSSR count). The average Bonchev–Trinajstić information content (AvgIpc) is 2.40. The molecule has 1 saturated heterocycles. The van der Waals surface area contributed by atoms with Crippen molar-refractivity contribution in [3.8, 4) is 0 Å². The zero-order valence-corrected chi connectivity index (χ0v) is 11.2. The first-order chi connectivity index (χ1) is 8.35. The molecule has 0 aromatic heterocycles. The van der Waals surface area contributed by atoms with Crippen LogP contribution in [0, 0.1) is 0 Å². The summed E-state index contributed by atoms with van der Waals surface area (Å²) < 4.78 is 0. The highest BCUT2D eigenvalue weighted by molar-refractivity contribution is 4.87. The van der Waals surface area contributed by atoms with Crippen LogP contribution in [-0.2, 0) is 0 Å². The topological polar surface area (TPSA) is 35.5 Å². The Balaban J connectivity index is 1.86. The van der Waals surface area contributed by atoms with Crippen LogP contribution in [0.2, 0.25) is 0 Å². The maximum Gasteiger partial charge on any atom is 0.0445 e. The highest BCUT2D eigenvalue weighted by Gasteiger charge is 2.31. The summed E-state index contributed by atoms with van der Waals surface area (Å²) in [7, 11) is 2.08. The Morgan fingerprint density at radius 2 is 1.88 bits per heavy atom. The molecule has 1 aliphatic carbocycles. The number of piperidine rings is 1. The van der Waals surface area contributed by atoms with Crippen LogP contribution >= 0.6 is 0 Å². The Bertz CT molecular complexity index is 212. The molecule has 17 heavy (non-hydrogen) atoms. The quantitative estimate of drug-likeness (QED) is 0.786. The van der Waals surface area contributed by atoms with Gasteiger partial charge in [-0.25, -0.2) is 0 Å². The van der Waals surface area contributed by atoms with Gasteiger partial charge in [-0.1, -0.05) is 6.42 Å². The molecule has 0 aromatic carbocycles. The maximum absolute atomic E-state index is 9.18. The van der Waals surface area contributed by atoms with E-state index in [1.807, 2.05) is 0 Å². The van der Waals surface area contributed by atoms with Crippen molar-refractivity contribution >= 4 is 0 Å². The van der Waals surface area contributed by atoms with Crippen LogP contribution < -0.4 is 5.32 Å². The van der Waals surface area contributed by atoms with Gasteiger partial charge in [-0.2, -0.15) is 0 Å². The van der Waals surface area contributed by atoms with Crippen LogP contribution in [0.4, 0.5) is 0 Å². The molecule has 0 bridgehead atoms. The third-order valence-electron chi connectivity index (χ3n) is 4.71. The van der Waals surface area contributed by atoms with Crippen molar-refractivity contribution in [1.29, 1.82) is 0 Å². The highest BCUT2D eigenvalue weighted by atomic mass is 16.3. The van der Waals surface area contributed by atoms with Gasteiger partial charge < -0.3 is 10.4 Å². The van der Waals surface area contributed by atoms with E-state index in [0.29, 0.717) is 12.6 Å².